The molecule has 0 saturated heterocycles. The van der Waals surface area contributed by atoms with E-state index in [2.05, 4.69) is 10.1 Å². The van der Waals surface area contributed by atoms with Crippen LogP contribution in [0.25, 0.3) is 17.0 Å². The first-order chi connectivity index (χ1) is 16.5. The highest BCUT2D eigenvalue weighted by atomic mass is 19.1. The Bertz CT molecular complexity index is 1160. The van der Waals surface area contributed by atoms with Gasteiger partial charge in [-0.25, -0.2) is 4.39 Å². The SMILES string of the molecule is COc1cc(OC)c(C2=CCN(C(=O)CCc3nc(-c4ccc(F)cc4)no3)CC2)c(OC)c1. The van der Waals surface area contributed by atoms with Gasteiger partial charge in [0.15, 0.2) is 0 Å². The summed E-state index contributed by atoms with van der Waals surface area (Å²) in [4.78, 5) is 18.9. The van der Waals surface area contributed by atoms with Crippen molar-refractivity contribution in [2.45, 2.75) is 19.3 Å². The molecule has 0 bridgehead atoms. The molecule has 1 aromatic heterocycles. The van der Waals surface area contributed by atoms with Crippen molar-refractivity contribution in [3.05, 3.63) is 59.7 Å². The minimum absolute atomic E-state index is 0.00509. The van der Waals surface area contributed by atoms with E-state index in [1.54, 1.807) is 38.4 Å². The predicted molar refractivity (Wildman–Crippen MR) is 123 cm³/mol. The fraction of sp³-hybridized carbons (Fsp3) is 0.320. The first-order valence-corrected chi connectivity index (χ1v) is 10.9. The van der Waals surface area contributed by atoms with Gasteiger partial charge in [-0.3, -0.25) is 4.79 Å². The Hall–Kier alpha value is -3.88. The number of hydrogen-bond donors (Lipinski definition) is 0. The highest BCUT2D eigenvalue weighted by molar-refractivity contribution is 5.81. The van der Waals surface area contributed by atoms with Crippen LogP contribution in [0.3, 0.4) is 0 Å². The van der Waals surface area contributed by atoms with Gasteiger partial charge in [0.25, 0.3) is 0 Å². The maximum atomic E-state index is 13.1. The molecule has 1 aliphatic heterocycles. The molecule has 0 saturated carbocycles. The molecule has 1 aliphatic rings. The van der Waals surface area contributed by atoms with Gasteiger partial charge in [-0.1, -0.05) is 11.2 Å². The van der Waals surface area contributed by atoms with Crippen molar-refractivity contribution in [2.24, 2.45) is 0 Å². The van der Waals surface area contributed by atoms with Crippen LogP contribution in [0, 0.1) is 5.82 Å². The number of halogens is 1. The summed E-state index contributed by atoms with van der Waals surface area (Å²) in [6.45, 7) is 1.06. The van der Waals surface area contributed by atoms with E-state index in [-0.39, 0.29) is 18.1 Å². The molecular weight excluding hydrogens is 441 g/mol. The number of ether oxygens (including phenoxy) is 3. The quantitative estimate of drug-likeness (QED) is 0.492. The van der Waals surface area contributed by atoms with Gasteiger partial charge in [0.2, 0.25) is 17.6 Å². The lowest BCUT2D eigenvalue weighted by Gasteiger charge is -2.28. The zero-order valence-electron chi connectivity index (χ0n) is 19.3. The maximum Gasteiger partial charge on any atom is 0.227 e. The van der Waals surface area contributed by atoms with Crippen molar-refractivity contribution in [3.63, 3.8) is 0 Å². The Morgan fingerprint density at radius 3 is 2.38 bits per heavy atom. The highest BCUT2D eigenvalue weighted by Gasteiger charge is 2.23. The molecule has 0 N–H and O–H groups in total. The van der Waals surface area contributed by atoms with E-state index < -0.39 is 0 Å². The fourth-order valence-electron chi connectivity index (χ4n) is 3.89. The number of carbonyl (C=O) groups is 1. The van der Waals surface area contributed by atoms with E-state index in [0.717, 1.165) is 11.1 Å². The van der Waals surface area contributed by atoms with Gasteiger partial charge >= 0.3 is 0 Å². The molecule has 0 spiro atoms. The van der Waals surface area contributed by atoms with E-state index in [1.165, 1.54) is 12.1 Å². The Morgan fingerprint density at radius 1 is 1.09 bits per heavy atom. The normalized spacial score (nSPS) is 13.4. The van der Waals surface area contributed by atoms with Gasteiger partial charge in [-0.05, 0) is 36.3 Å². The molecule has 178 valence electrons. The second-order valence-electron chi connectivity index (χ2n) is 7.74. The van der Waals surface area contributed by atoms with Crippen molar-refractivity contribution in [1.29, 1.82) is 0 Å². The average Bonchev–Trinajstić information content (AvgIpc) is 3.36. The molecular formula is C25H26FN3O5. The highest BCUT2D eigenvalue weighted by Crippen LogP contribution is 2.40. The summed E-state index contributed by atoms with van der Waals surface area (Å²) in [7, 11) is 4.81. The van der Waals surface area contributed by atoms with E-state index in [4.69, 9.17) is 18.7 Å². The Morgan fingerprint density at radius 2 is 1.79 bits per heavy atom. The van der Waals surface area contributed by atoms with Gasteiger partial charge < -0.3 is 23.6 Å². The van der Waals surface area contributed by atoms with Crippen LogP contribution in [0.1, 0.15) is 24.3 Å². The van der Waals surface area contributed by atoms with E-state index >= 15 is 0 Å². The number of nitrogens with zero attached hydrogens (tertiary/aromatic N) is 3. The second-order valence-corrected chi connectivity index (χ2v) is 7.74. The Labute approximate surface area is 196 Å². The minimum Gasteiger partial charge on any atom is -0.496 e. The second kappa shape index (κ2) is 10.4. The third-order valence-corrected chi connectivity index (χ3v) is 5.72. The number of hydrogen-bond acceptors (Lipinski definition) is 7. The molecule has 9 heteroatoms. The summed E-state index contributed by atoms with van der Waals surface area (Å²) in [6, 6.07) is 9.48. The Kier molecular flexibility index (Phi) is 7.10. The molecule has 4 rings (SSSR count). The van der Waals surface area contributed by atoms with E-state index in [9.17, 15) is 9.18 Å². The van der Waals surface area contributed by atoms with Gasteiger partial charge in [0.1, 0.15) is 23.1 Å². The predicted octanol–water partition coefficient (Wildman–Crippen LogP) is 4.15. The van der Waals surface area contributed by atoms with Gasteiger partial charge in [-0.15, -0.1) is 0 Å². The summed E-state index contributed by atoms with van der Waals surface area (Å²) in [6.07, 6.45) is 3.28. The van der Waals surface area contributed by atoms with E-state index in [0.29, 0.717) is 60.5 Å². The van der Waals surface area contributed by atoms with Crippen LogP contribution in [0.15, 0.2) is 47.0 Å². The topological polar surface area (TPSA) is 86.9 Å². The third-order valence-electron chi connectivity index (χ3n) is 5.72. The maximum absolute atomic E-state index is 13.1. The number of rotatable bonds is 8. The molecule has 0 atom stereocenters. The first kappa shape index (κ1) is 23.3. The van der Waals surface area contributed by atoms with E-state index in [1.807, 2.05) is 18.2 Å². The Balaban J connectivity index is 1.39. The molecule has 8 nitrogen and oxygen atoms in total. The molecule has 0 unspecified atom stereocenters. The molecule has 0 fully saturated rings. The van der Waals surface area contributed by atoms with Crippen molar-refractivity contribution in [1.82, 2.24) is 15.0 Å². The van der Waals surface area contributed by atoms with Crippen molar-refractivity contribution < 1.29 is 27.9 Å². The number of benzene rings is 2. The number of methoxy groups -OCH3 is 3. The number of aromatic nitrogens is 2. The molecule has 2 heterocycles. The third kappa shape index (κ3) is 5.03. The standard InChI is InChI=1S/C25H26FN3O5/c1-31-19-14-20(32-2)24(21(15-19)33-3)16-10-12-29(13-11-16)23(30)9-8-22-27-25(28-34-22)17-4-6-18(26)7-5-17/h4-7,10,14-15H,8-9,11-13H2,1-3H3. The van der Waals surface area contributed by atoms with Crippen molar-refractivity contribution >= 4 is 11.5 Å². The molecule has 0 aliphatic carbocycles. The number of aryl methyl sites for hydroxylation is 1. The molecule has 34 heavy (non-hydrogen) atoms. The molecule has 1 amide bonds. The lowest BCUT2D eigenvalue weighted by molar-refractivity contribution is -0.130. The van der Waals surface area contributed by atoms with Crippen LogP contribution in [0.5, 0.6) is 17.2 Å². The lowest BCUT2D eigenvalue weighted by Crippen LogP contribution is -2.34. The van der Waals surface area contributed by atoms with Crippen LogP contribution >= 0.6 is 0 Å². The summed E-state index contributed by atoms with van der Waals surface area (Å²) < 4.78 is 34.8. The fourth-order valence-corrected chi connectivity index (χ4v) is 3.89. The largest absolute Gasteiger partial charge is 0.496 e. The summed E-state index contributed by atoms with van der Waals surface area (Å²) in [5, 5.41) is 3.92. The van der Waals surface area contributed by atoms with Crippen LogP contribution in [-0.4, -0.2) is 55.4 Å². The van der Waals surface area contributed by atoms with Crippen LogP contribution in [0.4, 0.5) is 4.39 Å². The summed E-state index contributed by atoms with van der Waals surface area (Å²) >= 11 is 0. The molecule has 0 radical (unpaired) electrons. The summed E-state index contributed by atoms with van der Waals surface area (Å²) in [5.74, 6) is 2.38. The van der Waals surface area contributed by atoms with Gasteiger partial charge in [-0.2, -0.15) is 4.98 Å². The minimum atomic E-state index is -0.333. The zero-order valence-corrected chi connectivity index (χ0v) is 19.3. The smallest absolute Gasteiger partial charge is 0.227 e. The zero-order chi connectivity index (χ0) is 24.1. The first-order valence-electron chi connectivity index (χ1n) is 10.9. The number of carbonyl (C=O) groups excluding carboxylic acids is 1. The van der Waals surface area contributed by atoms with Crippen LogP contribution < -0.4 is 14.2 Å². The lowest BCUT2D eigenvalue weighted by atomic mass is 9.97. The summed E-state index contributed by atoms with van der Waals surface area (Å²) in [5.41, 5.74) is 2.58. The van der Waals surface area contributed by atoms with Crippen LogP contribution in [0.2, 0.25) is 0 Å². The van der Waals surface area contributed by atoms with Gasteiger partial charge in [0, 0.05) is 43.6 Å². The molecule has 3 aromatic rings. The van der Waals surface area contributed by atoms with Gasteiger partial charge in [0.05, 0.1) is 26.9 Å². The number of amides is 1. The monoisotopic (exact) mass is 467 g/mol. The van der Waals surface area contributed by atoms with Crippen molar-refractivity contribution in [2.75, 3.05) is 34.4 Å². The van der Waals surface area contributed by atoms with Crippen molar-refractivity contribution in [3.8, 4) is 28.6 Å². The molecule has 2 aromatic carbocycles. The average molecular weight is 467 g/mol. The van der Waals surface area contributed by atoms with Crippen LogP contribution in [-0.2, 0) is 11.2 Å².